The van der Waals surface area contributed by atoms with Crippen LogP contribution in [0.5, 0.6) is 0 Å². The molecule has 0 saturated carbocycles. The minimum atomic E-state index is -5.56. The Balaban J connectivity index is 1.53. The zero-order chi connectivity index (χ0) is 27.2. The summed E-state index contributed by atoms with van der Waals surface area (Å²) in [6.45, 7) is 5.92. The molecule has 2 atom stereocenters. The van der Waals surface area contributed by atoms with E-state index in [0.29, 0.717) is 11.4 Å². The quantitative estimate of drug-likeness (QED) is 0.527. The fourth-order valence-corrected chi connectivity index (χ4v) is 5.16. The third-order valence-corrected chi connectivity index (χ3v) is 8.10. The molecule has 1 aromatic heterocycles. The highest BCUT2D eigenvalue weighted by Gasteiger charge is 2.52. The maximum Gasteiger partial charge on any atom is 0.501 e. The molecule has 1 aromatic carbocycles. The molecule has 0 radical (unpaired) electrons. The Hall–Kier alpha value is -3.19. The highest BCUT2D eigenvalue weighted by molar-refractivity contribution is 7.92. The number of anilines is 2. The van der Waals surface area contributed by atoms with Crippen molar-refractivity contribution in [1.82, 2.24) is 9.88 Å². The monoisotopic (exact) mass is 540 g/mol. The van der Waals surface area contributed by atoms with Crippen molar-refractivity contribution in [1.29, 1.82) is 0 Å². The molecule has 2 aliphatic rings. The molecule has 13 heteroatoms. The van der Waals surface area contributed by atoms with Crippen molar-refractivity contribution >= 4 is 33.3 Å². The number of carbonyl (C=O) groups is 2. The number of imide groups is 1. The fourth-order valence-electron chi connectivity index (χ4n) is 4.39. The number of rotatable bonds is 7. The first kappa shape index (κ1) is 26.9. The van der Waals surface area contributed by atoms with Crippen LogP contribution in [0.4, 0.5) is 29.5 Å². The minimum Gasteiger partial charge on any atom is -0.376 e. The molecule has 3 amide bonds. The largest absolute Gasteiger partial charge is 0.501 e. The molecule has 37 heavy (non-hydrogen) atoms. The van der Waals surface area contributed by atoms with Crippen LogP contribution in [0.1, 0.15) is 39.2 Å². The standard InChI is InChI=1S/C24H27F3N4O5S/c1-15(19-5-4-12-36-19)29-20-13-16(10-11-28-20)14-30-22(33)31(21(32)23(30,2)3)17-6-8-18(9-7-17)37(34,35)24(25,26)27/h6-11,13,15,19H,4-5,12,14H2,1-3H3,(H,28,29)/t15-,19+/m0/s1. The van der Waals surface area contributed by atoms with Gasteiger partial charge in [0.2, 0.25) is 0 Å². The second-order valence-electron chi connectivity index (χ2n) is 9.55. The summed E-state index contributed by atoms with van der Waals surface area (Å²) in [5.74, 6) is -0.00191. The van der Waals surface area contributed by atoms with Gasteiger partial charge in [0.15, 0.2) is 0 Å². The maximum absolute atomic E-state index is 13.3. The van der Waals surface area contributed by atoms with E-state index < -0.39 is 37.7 Å². The van der Waals surface area contributed by atoms with E-state index in [0.717, 1.165) is 48.6 Å². The van der Waals surface area contributed by atoms with E-state index in [9.17, 15) is 31.2 Å². The van der Waals surface area contributed by atoms with Gasteiger partial charge in [-0.2, -0.15) is 13.2 Å². The first-order valence-corrected chi connectivity index (χ1v) is 13.1. The normalized spacial score (nSPS) is 21.0. The molecule has 200 valence electrons. The van der Waals surface area contributed by atoms with Gasteiger partial charge >= 0.3 is 11.5 Å². The molecule has 0 bridgehead atoms. The lowest BCUT2D eigenvalue weighted by Gasteiger charge is -2.28. The highest BCUT2D eigenvalue weighted by atomic mass is 32.2. The number of amides is 3. The molecular weight excluding hydrogens is 513 g/mol. The Kier molecular flexibility index (Phi) is 6.97. The number of nitrogens with zero attached hydrogens (tertiary/aromatic N) is 3. The number of hydrogen-bond acceptors (Lipinski definition) is 7. The van der Waals surface area contributed by atoms with Gasteiger partial charge in [0.25, 0.3) is 15.7 Å². The number of halogens is 3. The molecule has 9 nitrogen and oxygen atoms in total. The number of alkyl halides is 3. The summed E-state index contributed by atoms with van der Waals surface area (Å²) in [7, 11) is -5.56. The second kappa shape index (κ2) is 9.60. The number of hydrogen-bond donors (Lipinski definition) is 1. The van der Waals surface area contributed by atoms with Gasteiger partial charge in [-0.25, -0.2) is 23.1 Å². The van der Waals surface area contributed by atoms with Crippen molar-refractivity contribution in [2.75, 3.05) is 16.8 Å². The predicted octanol–water partition coefficient (Wildman–Crippen LogP) is 4.10. The van der Waals surface area contributed by atoms with E-state index in [1.54, 1.807) is 32.2 Å². The Morgan fingerprint density at radius 2 is 1.86 bits per heavy atom. The summed E-state index contributed by atoms with van der Waals surface area (Å²) in [4.78, 5) is 32.0. The number of aromatic nitrogens is 1. The number of benzene rings is 1. The number of pyridine rings is 1. The topological polar surface area (TPSA) is 109 Å². The van der Waals surface area contributed by atoms with Crippen LogP contribution in [0.2, 0.25) is 0 Å². The third kappa shape index (κ3) is 5.01. The van der Waals surface area contributed by atoms with Gasteiger partial charge in [0.1, 0.15) is 11.4 Å². The van der Waals surface area contributed by atoms with Crippen LogP contribution in [-0.2, 0) is 25.9 Å². The van der Waals surface area contributed by atoms with Crippen LogP contribution >= 0.6 is 0 Å². The number of urea groups is 1. The number of sulfone groups is 1. The summed E-state index contributed by atoms with van der Waals surface area (Å²) in [6, 6.07) is 6.31. The fraction of sp³-hybridized carbons (Fsp3) is 0.458. The van der Waals surface area contributed by atoms with Gasteiger partial charge in [-0.15, -0.1) is 0 Å². The molecular formula is C24H27F3N4O5S. The van der Waals surface area contributed by atoms with E-state index in [4.69, 9.17) is 4.74 Å². The molecule has 0 spiro atoms. The van der Waals surface area contributed by atoms with Gasteiger partial charge in [-0.05, 0) is 75.6 Å². The first-order valence-electron chi connectivity index (χ1n) is 11.6. The molecule has 4 rings (SSSR count). The predicted molar refractivity (Wildman–Crippen MR) is 128 cm³/mol. The molecule has 1 N–H and O–H groups in total. The Morgan fingerprint density at radius 3 is 2.46 bits per heavy atom. The molecule has 2 aromatic rings. The van der Waals surface area contributed by atoms with Crippen LogP contribution in [0.3, 0.4) is 0 Å². The lowest BCUT2D eigenvalue weighted by molar-refractivity contribution is -0.123. The van der Waals surface area contributed by atoms with Gasteiger partial charge in [-0.1, -0.05) is 0 Å². The summed E-state index contributed by atoms with van der Waals surface area (Å²) in [5, 5.41) is 3.31. The van der Waals surface area contributed by atoms with Crippen molar-refractivity contribution < 1.29 is 35.9 Å². The van der Waals surface area contributed by atoms with Crippen molar-refractivity contribution in [2.45, 2.75) is 68.2 Å². The van der Waals surface area contributed by atoms with Crippen LogP contribution in [-0.4, -0.2) is 60.0 Å². The lowest BCUT2D eigenvalue weighted by Crippen LogP contribution is -2.43. The smallest absolute Gasteiger partial charge is 0.376 e. The SMILES string of the molecule is C[C@H](Nc1cc(CN2C(=O)N(c3ccc(S(=O)(=O)C(F)(F)F)cc3)C(=O)C2(C)C)ccn1)[C@H]1CCCO1. The van der Waals surface area contributed by atoms with Gasteiger partial charge in [0, 0.05) is 19.3 Å². The number of ether oxygens (including phenoxy) is 1. The van der Waals surface area contributed by atoms with E-state index in [-0.39, 0.29) is 24.4 Å². The van der Waals surface area contributed by atoms with Gasteiger partial charge in [0.05, 0.1) is 22.7 Å². The number of carbonyl (C=O) groups excluding carboxylic acids is 2. The third-order valence-electron chi connectivity index (χ3n) is 6.60. The Bertz CT molecular complexity index is 1290. The lowest BCUT2D eigenvalue weighted by atomic mass is 10.0. The van der Waals surface area contributed by atoms with Crippen LogP contribution in [0.15, 0.2) is 47.5 Å². The van der Waals surface area contributed by atoms with E-state index in [1.165, 1.54) is 4.90 Å². The van der Waals surface area contributed by atoms with Crippen LogP contribution < -0.4 is 10.2 Å². The summed E-state index contributed by atoms with van der Waals surface area (Å²) < 4.78 is 67.5. The van der Waals surface area contributed by atoms with Gasteiger partial charge < -0.3 is 15.0 Å². The Labute approximate surface area is 212 Å². The zero-order valence-electron chi connectivity index (χ0n) is 20.4. The van der Waals surface area contributed by atoms with Crippen molar-refractivity contribution in [2.24, 2.45) is 0 Å². The second-order valence-corrected chi connectivity index (χ2v) is 11.5. The maximum atomic E-state index is 13.3. The first-order chi connectivity index (χ1) is 17.2. The molecule has 2 aliphatic heterocycles. The molecule has 0 unspecified atom stereocenters. The van der Waals surface area contributed by atoms with Crippen LogP contribution in [0, 0.1) is 0 Å². The van der Waals surface area contributed by atoms with E-state index >= 15 is 0 Å². The summed E-state index contributed by atoms with van der Waals surface area (Å²) in [5.41, 5.74) is -6.06. The average Bonchev–Trinajstić information content (AvgIpc) is 3.42. The molecule has 2 saturated heterocycles. The van der Waals surface area contributed by atoms with Crippen molar-refractivity contribution in [3.05, 3.63) is 48.2 Å². The highest BCUT2D eigenvalue weighted by Crippen LogP contribution is 2.35. The summed E-state index contributed by atoms with van der Waals surface area (Å²) >= 11 is 0. The van der Waals surface area contributed by atoms with Crippen molar-refractivity contribution in [3.8, 4) is 0 Å². The number of nitrogens with one attached hydrogen (secondary N) is 1. The molecule has 0 aliphatic carbocycles. The summed E-state index contributed by atoms with van der Waals surface area (Å²) in [6.07, 6.45) is 3.62. The van der Waals surface area contributed by atoms with Crippen LogP contribution in [0.25, 0.3) is 0 Å². The average molecular weight is 541 g/mol. The molecule has 2 fully saturated rings. The van der Waals surface area contributed by atoms with E-state index in [1.807, 2.05) is 6.92 Å². The zero-order valence-corrected chi connectivity index (χ0v) is 21.3. The van der Waals surface area contributed by atoms with E-state index in [2.05, 4.69) is 10.3 Å². The minimum absolute atomic E-state index is 0.0244. The van der Waals surface area contributed by atoms with Crippen molar-refractivity contribution in [3.63, 3.8) is 0 Å². The van der Waals surface area contributed by atoms with Gasteiger partial charge in [-0.3, -0.25) is 4.79 Å². The molecule has 3 heterocycles. The Morgan fingerprint density at radius 1 is 1.19 bits per heavy atom.